The van der Waals surface area contributed by atoms with Crippen LogP contribution >= 0.6 is 0 Å². The molecule has 1 atom stereocenters. The van der Waals surface area contributed by atoms with Gasteiger partial charge in [0, 0.05) is 25.2 Å². The zero-order valence-corrected chi connectivity index (χ0v) is 9.03. The van der Waals surface area contributed by atoms with E-state index < -0.39 is 0 Å². The van der Waals surface area contributed by atoms with Gasteiger partial charge in [-0.25, -0.2) is 0 Å². The summed E-state index contributed by atoms with van der Waals surface area (Å²) in [5, 5.41) is 4.33. The summed E-state index contributed by atoms with van der Waals surface area (Å²) in [4.78, 5) is 0. The third-order valence-corrected chi connectivity index (χ3v) is 3.15. The van der Waals surface area contributed by atoms with E-state index in [1.165, 1.54) is 30.5 Å². The number of hydrogen-bond donors (Lipinski definition) is 1. The maximum absolute atomic E-state index is 5.84. The predicted octanol–water partition coefficient (Wildman–Crippen LogP) is 1.58. The second-order valence-electron chi connectivity index (χ2n) is 4.48. The van der Waals surface area contributed by atoms with E-state index in [0.29, 0.717) is 0 Å². The predicted molar refractivity (Wildman–Crippen MR) is 57.2 cm³/mol. The Bertz CT molecular complexity index is 310. The molecule has 0 spiro atoms. The molecule has 0 bridgehead atoms. The normalized spacial score (nSPS) is 19.4. The van der Waals surface area contributed by atoms with E-state index in [2.05, 4.69) is 12.0 Å². The lowest BCUT2D eigenvalue weighted by atomic mass is 9.79. The lowest BCUT2D eigenvalue weighted by Gasteiger charge is -2.26. The average Bonchev–Trinajstić information content (AvgIpc) is 2.32. The monoisotopic (exact) mass is 193 g/mol. The fourth-order valence-electron chi connectivity index (χ4n) is 2.10. The molecule has 78 valence electrons. The first-order valence-corrected chi connectivity index (χ1v) is 5.45. The van der Waals surface area contributed by atoms with Crippen molar-refractivity contribution in [1.29, 1.82) is 0 Å². The Morgan fingerprint density at radius 1 is 1.64 bits per heavy atom. The van der Waals surface area contributed by atoms with Crippen LogP contribution in [0.4, 0.5) is 0 Å². The maximum atomic E-state index is 5.84. The summed E-state index contributed by atoms with van der Waals surface area (Å²) >= 11 is 0. The summed E-state index contributed by atoms with van der Waals surface area (Å²) in [5.41, 5.74) is 8.62. The van der Waals surface area contributed by atoms with Gasteiger partial charge in [0.05, 0.1) is 6.20 Å². The van der Waals surface area contributed by atoms with Crippen molar-refractivity contribution in [3.63, 3.8) is 0 Å². The van der Waals surface area contributed by atoms with E-state index in [4.69, 9.17) is 5.73 Å². The SMILES string of the molecule is CC(N)Cc1c(C2CCC2)cnn1C. The number of nitrogens with two attached hydrogens (primary N) is 1. The zero-order valence-electron chi connectivity index (χ0n) is 9.03. The topological polar surface area (TPSA) is 43.8 Å². The molecule has 1 heterocycles. The molecule has 1 aliphatic rings. The summed E-state index contributed by atoms with van der Waals surface area (Å²) in [6, 6.07) is 0.226. The highest BCUT2D eigenvalue weighted by Gasteiger charge is 2.24. The lowest BCUT2D eigenvalue weighted by molar-refractivity contribution is 0.415. The van der Waals surface area contributed by atoms with Gasteiger partial charge in [0.2, 0.25) is 0 Å². The van der Waals surface area contributed by atoms with Crippen LogP contribution in [0, 0.1) is 0 Å². The number of hydrogen-bond acceptors (Lipinski definition) is 2. The van der Waals surface area contributed by atoms with Crippen molar-refractivity contribution in [2.75, 3.05) is 0 Å². The van der Waals surface area contributed by atoms with Crippen molar-refractivity contribution in [1.82, 2.24) is 9.78 Å². The van der Waals surface area contributed by atoms with Crippen LogP contribution in [0.15, 0.2) is 6.20 Å². The number of aromatic nitrogens is 2. The Hall–Kier alpha value is -0.830. The van der Waals surface area contributed by atoms with Gasteiger partial charge in [0.15, 0.2) is 0 Å². The third-order valence-electron chi connectivity index (χ3n) is 3.15. The first kappa shape index (κ1) is 9.71. The van der Waals surface area contributed by atoms with Crippen molar-refractivity contribution in [3.05, 3.63) is 17.5 Å². The molecule has 2 rings (SSSR count). The molecule has 0 saturated heterocycles. The van der Waals surface area contributed by atoms with Gasteiger partial charge in [-0.2, -0.15) is 5.10 Å². The number of aryl methyl sites for hydroxylation is 1. The molecule has 1 unspecified atom stereocenters. The third kappa shape index (κ3) is 1.69. The Morgan fingerprint density at radius 2 is 2.36 bits per heavy atom. The Kier molecular flexibility index (Phi) is 2.59. The standard InChI is InChI=1S/C11H19N3/c1-8(12)6-11-10(7-13-14(11)2)9-4-3-5-9/h7-9H,3-6,12H2,1-2H3. The molecule has 0 aliphatic heterocycles. The molecule has 1 aliphatic carbocycles. The molecular weight excluding hydrogens is 174 g/mol. The summed E-state index contributed by atoms with van der Waals surface area (Å²) in [7, 11) is 2.01. The average molecular weight is 193 g/mol. The van der Waals surface area contributed by atoms with Crippen LogP contribution < -0.4 is 5.73 Å². The molecule has 2 N–H and O–H groups in total. The minimum absolute atomic E-state index is 0.226. The number of rotatable bonds is 3. The minimum Gasteiger partial charge on any atom is -0.328 e. The van der Waals surface area contributed by atoms with Crippen LogP contribution in [0.3, 0.4) is 0 Å². The van der Waals surface area contributed by atoms with Gasteiger partial charge in [-0.05, 0) is 31.2 Å². The molecule has 14 heavy (non-hydrogen) atoms. The summed E-state index contributed by atoms with van der Waals surface area (Å²) in [6.45, 7) is 2.05. The molecule has 1 saturated carbocycles. The second-order valence-corrected chi connectivity index (χ2v) is 4.48. The molecule has 3 heteroatoms. The molecule has 1 fully saturated rings. The first-order valence-electron chi connectivity index (χ1n) is 5.45. The Morgan fingerprint density at radius 3 is 2.86 bits per heavy atom. The highest BCUT2D eigenvalue weighted by Crippen LogP contribution is 2.37. The van der Waals surface area contributed by atoms with Gasteiger partial charge in [0.1, 0.15) is 0 Å². The zero-order chi connectivity index (χ0) is 10.1. The minimum atomic E-state index is 0.226. The van der Waals surface area contributed by atoms with E-state index in [-0.39, 0.29) is 6.04 Å². The van der Waals surface area contributed by atoms with Crippen LogP contribution in [-0.4, -0.2) is 15.8 Å². The van der Waals surface area contributed by atoms with E-state index in [9.17, 15) is 0 Å². The van der Waals surface area contributed by atoms with Gasteiger partial charge in [-0.3, -0.25) is 4.68 Å². The van der Waals surface area contributed by atoms with Crippen molar-refractivity contribution < 1.29 is 0 Å². The van der Waals surface area contributed by atoms with Gasteiger partial charge < -0.3 is 5.73 Å². The number of nitrogens with zero attached hydrogens (tertiary/aromatic N) is 2. The second kappa shape index (κ2) is 3.73. The molecular formula is C11H19N3. The van der Waals surface area contributed by atoms with Crippen molar-refractivity contribution >= 4 is 0 Å². The van der Waals surface area contributed by atoms with E-state index in [1.54, 1.807) is 0 Å². The highest BCUT2D eigenvalue weighted by molar-refractivity contribution is 5.25. The summed E-state index contributed by atoms with van der Waals surface area (Å²) < 4.78 is 1.98. The fraction of sp³-hybridized carbons (Fsp3) is 0.727. The summed E-state index contributed by atoms with van der Waals surface area (Å²) in [6.07, 6.45) is 7.01. The van der Waals surface area contributed by atoms with E-state index in [0.717, 1.165) is 12.3 Å². The van der Waals surface area contributed by atoms with Gasteiger partial charge in [0.25, 0.3) is 0 Å². The van der Waals surface area contributed by atoms with E-state index >= 15 is 0 Å². The Labute approximate surface area is 85.3 Å². The largest absolute Gasteiger partial charge is 0.328 e. The molecule has 3 nitrogen and oxygen atoms in total. The quantitative estimate of drug-likeness (QED) is 0.792. The molecule has 1 aromatic rings. The molecule has 0 aromatic carbocycles. The Balaban J connectivity index is 2.21. The van der Waals surface area contributed by atoms with Crippen molar-refractivity contribution in [3.8, 4) is 0 Å². The van der Waals surface area contributed by atoms with Crippen molar-refractivity contribution in [2.24, 2.45) is 12.8 Å². The molecule has 0 amide bonds. The van der Waals surface area contributed by atoms with Gasteiger partial charge in [-0.15, -0.1) is 0 Å². The first-order chi connectivity index (χ1) is 6.68. The van der Waals surface area contributed by atoms with Crippen LogP contribution in [-0.2, 0) is 13.5 Å². The van der Waals surface area contributed by atoms with E-state index in [1.807, 2.05) is 17.9 Å². The van der Waals surface area contributed by atoms with Gasteiger partial charge >= 0.3 is 0 Å². The van der Waals surface area contributed by atoms with Crippen LogP contribution in [0.5, 0.6) is 0 Å². The molecule has 0 radical (unpaired) electrons. The lowest BCUT2D eigenvalue weighted by Crippen LogP contribution is -2.21. The smallest absolute Gasteiger partial charge is 0.0527 e. The van der Waals surface area contributed by atoms with Crippen molar-refractivity contribution in [2.45, 2.75) is 44.6 Å². The van der Waals surface area contributed by atoms with Crippen LogP contribution in [0.1, 0.15) is 43.4 Å². The fourth-order valence-corrected chi connectivity index (χ4v) is 2.10. The maximum Gasteiger partial charge on any atom is 0.0527 e. The highest BCUT2D eigenvalue weighted by atomic mass is 15.3. The van der Waals surface area contributed by atoms with Crippen LogP contribution in [0.2, 0.25) is 0 Å². The van der Waals surface area contributed by atoms with Crippen LogP contribution in [0.25, 0.3) is 0 Å². The van der Waals surface area contributed by atoms with Gasteiger partial charge in [-0.1, -0.05) is 6.42 Å². The summed E-state index contributed by atoms with van der Waals surface area (Å²) in [5.74, 6) is 0.762. The molecule has 1 aromatic heterocycles.